The van der Waals surface area contributed by atoms with Gasteiger partial charge in [-0.25, -0.2) is 17.9 Å². The summed E-state index contributed by atoms with van der Waals surface area (Å²) >= 11 is 0. The Labute approximate surface area is 124 Å². The van der Waals surface area contributed by atoms with E-state index in [2.05, 4.69) is 4.72 Å². The standard InChI is InChI=1S/C14H19NO5S/c1-9-4-5-11(8-12(9)13(16)17)21(18,19)15-14(3)6-7-20-10(14)2/h4-5,8,10,15H,6-7H2,1-3H3,(H,16,17). The predicted octanol–water partition coefficient (Wildman–Crippen LogP) is 1.54. The minimum atomic E-state index is -3.80. The Morgan fingerprint density at radius 3 is 2.67 bits per heavy atom. The van der Waals surface area contributed by atoms with Gasteiger partial charge in [-0.05, 0) is 44.9 Å². The zero-order valence-electron chi connectivity index (χ0n) is 12.2. The fraction of sp³-hybridized carbons (Fsp3) is 0.500. The molecule has 1 aliphatic rings. The lowest BCUT2D eigenvalue weighted by Gasteiger charge is -2.28. The largest absolute Gasteiger partial charge is 0.478 e. The number of sulfonamides is 1. The van der Waals surface area contributed by atoms with E-state index in [9.17, 15) is 13.2 Å². The number of rotatable bonds is 4. The van der Waals surface area contributed by atoms with Gasteiger partial charge >= 0.3 is 5.97 Å². The summed E-state index contributed by atoms with van der Waals surface area (Å²) in [4.78, 5) is 11.1. The van der Waals surface area contributed by atoms with E-state index in [4.69, 9.17) is 9.84 Å². The summed E-state index contributed by atoms with van der Waals surface area (Å²) < 4.78 is 33.0. The average molecular weight is 313 g/mol. The van der Waals surface area contributed by atoms with E-state index in [1.807, 2.05) is 6.92 Å². The maximum atomic E-state index is 12.5. The Morgan fingerprint density at radius 1 is 1.48 bits per heavy atom. The van der Waals surface area contributed by atoms with Crippen LogP contribution in [0, 0.1) is 6.92 Å². The number of benzene rings is 1. The molecule has 2 unspecified atom stereocenters. The molecule has 1 fully saturated rings. The maximum absolute atomic E-state index is 12.5. The van der Waals surface area contributed by atoms with E-state index in [1.54, 1.807) is 13.8 Å². The predicted molar refractivity (Wildman–Crippen MR) is 76.9 cm³/mol. The highest BCUT2D eigenvalue weighted by atomic mass is 32.2. The second-order valence-electron chi connectivity index (χ2n) is 5.57. The van der Waals surface area contributed by atoms with Gasteiger partial charge < -0.3 is 9.84 Å². The number of aryl methyl sites for hydroxylation is 1. The fourth-order valence-electron chi connectivity index (χ4n) is 2.33. The van der Waals surface area contributed by atoms with Gasteiger partial charge in [0.15, 0.2) is 0 Å². The number of carbonyl (C=O) groups is 1. The van der Waals surface area contributed by atoms with E-state index in [0.29, 0.717) is 18.6 Å². The highest BCUT2D eigenvalue weighted by Crippen LogP contribution is 2.27. The molecule has 0 aromatic heterocycles. The van der Waals surface area contributed by atoms with Crippen molar-refractivity contribution in [1.29, 1.82) is 0 Å². The Bertz CT molecular complexity index is 670. The van der Waals surface area contributed by atoms with Gasteiger partial charge in [0.25, 0.3) is 0 Å². The second-order valence-corrected chi connectivity index (χ2v) is 7.25. The molecule has 2 N–H and O–H groups in total. The average Bonchev–Trinajstić information content (AvgIpc) is 2.68. The SMILES string of the molecule is Cc1ccc(S(=O)(=O)NC2(C)CCOC2C)cc1C(=O)O. The molecule has 0 bridgehead atoms. The van der Waals surface area contributed by atoms with Gasteiger partial charge in [-0.2, -0.15) is 0 Å². The molecule has 1 aromatic rings. The number of hydrogen-bond acceptors (Lipinski definition) is 4. The quantitative estimate of drug-likeness (QED) is 0.879. The molecule has 1 heterocycles. The molecule has 116 valence electrons. The number of nitrogens with one attached hydrogen (secondary N) is 1. The van der Waals surface area contributed by atoms with E-state index < -0.39 is 21.5 Å². The molecule has 6 nitrogen and oxygen atoms in total. The van der Waals surface area contributed by atoms with Crippen molar-refractivity contribution >= 4 is 16.0 Å². The summed E-state index contributed by atoms with van der Waals surface area (Å²) in [5.74, 6) is -1.15. The van der Waals surface area contributed by atoms with Gasteiger partial charge in [0.1, 0.15) is 0 Å². The van der Waals surface area contributed by atoms with Gasteiger partial charge in [-0.3, -0.25) is 0 Å². The molecule has 0 spiro atoms. The lowest BCUT2D eigenvalue weighted by molar-refractivity contribution is 0.0696. The van der Waals surface area contributed by atoms with Crippen LogP contribution in [0.15, 0.2) is 23.1 Å². The molecule has 0 aliphatic carbocycles. The molecular weight excluding hydrogens is 294 g/mol. The van der Waals surface area contributed by atoms with Crippen LogP contribution in [-0.4, -0.2) is 37.7 Å². The van der Waals surface area contributed by atoms with Gasteiger partial charge in [0.2, 0.25) is 10.0 Å². The van der Waals surface area contributed by atoms with Gasteiger partial charge in [-0.1, -0.05) is 6.07 Å². The highest BCUT2D eigenvalue weighted by Gasteiger charge is 2.40. The monoisotopic (exact) mass is 313 g/mol. The molecule has 21 heavy (non-hydrogen) atoms. The van der Waals surface area contributed by atoms with E-state index in [1.165, 1.54) is 18.2 Å². The Kier molecular flexibility index (Phi) is 4.10. The highest BCUT2D eigenvalue weighted by molar-refractivity contribution is 7.89. The molecule has 7 heteroatoms. The lowest BCUT2D eigenvalue weighted by atomic mass is 9.97. The topological polar surface area (TPSA) is 92.7 Å². The summed E-state index contributed by atoms with van der Waals surface area (Å²) in [6, 6.07) is 4.09. The number of ether oxygens (including phenoxy) is 1. The Morgan fingerprint density at radius 2 is 2.14 bits per heavy atom. The third-order valence-corrected chi connectivity index (χ3v) is 5.61. The maximum Gasteiger partial charge on any atom is 0.335 e. The molecule has 2 rings (SSSR count). The second kappa shape index (κ2) is 5.40. The summed E-state index contributed by atoms with van der Waals surface area (Å²) in [6.07, 6.45) is 0.335. The van der Waals surface area contributed by atoms with Crippen LogP contribution in [0.1, 0.15) is 36.2 Å². The molecule has 0 saturated carbocycles. The zero-order valence-corrected chi connectivity index (χ0v) is 13.0. The summed E-state index contributed by atoms with van der Waals surface area (Å²) in [5.41, 5.74) is -0.184. The molecular formula is C14H19NO5S. The summed E-state index contributed by atoms with van der Waals surface area (Å²) in [6.45, 7) is 5.72. The van der Waals surface area contributed by atoms with Crippen LogP contribution < -0.4 is 4.72 Å². The Hall–Kier alpha value is -1.44. The first-order chi connectivity index (χ1) is 9.66. The van der Waals surface area contributed by atoms with Gasteiger partial charge in [0, 0.05) is 6.61 Å². The van der Waals surface area contributed by atoms with E-state index in [0.717, 1.165) is 0 Å². The Balaban J connectivity index is 2.36. The zero-order chi connectivity index (χ0) is 15.8. The smallest absolute Gasteiger partial charge is 0.335 e. The van der Waals surface area contributed by atoms with E-state index >= 15 is 0 Å². The molecule has 0 amide bonds. The first kappa shape index (κ1) is 15.9. The first-order valence-electron chi connectivity index (χ1n) is 6.65. The van der Waals surface area contributed by atoms with Crippen molar-refractivity contribution in [1.82, 2.24) is 4.72 Å². The molecule has 1 saturated heterocycles. The minimum Gasteiger partial charge on any atom is -0.478 e. The molecule has 2 atom stereocenters. The number of carboxylic acids is 1. The fourth-order valence-corrected chi connectivity index (χ4v) is 3.85. The van der Waals surface area contributed by atoms with Crippen molar-refractivity contribution in [3.63, 3.8) is 0 Å². The third kappa shape index (κ3) is 3.09. The van der Waals surface area contributed by atoms with Crippen LogP contribution in [-0.2, 0) is 14.8 Å². The lowest BCUT2D eigenvalue weighted by Crippen LogP contribution is -2.50. The van der Waals surface area contributed by atoms with E-state index in [-0.39, 0.29) is 16.6 Å². The van der Waals surface area contributed by atoms with Crippen LogP contribution in [0.5, 0.6) is 0 Å². The van der Waals surface area contributed by atoms with Gasteiger partial charge in [-0.15, -0.1) is 0 Å². The number of carboxylic acid groups (broad SMARTS) is 1. The van der Waals surface area contributed by atoms with Gasteiger partial charge in [0.05, 0.1) is 22.1 Å². The van der Waals surface area contributed by atoms with Crippen molar-refractivity contribution in [2.24, 2.45) is 0 Å². The van der Waals surface area contributed by atoms with Crippen molar-refractivity contribution < 1.29 is 23.1 Å². The molecule has 0 radical (unpaired) electrons. The number of hydrogen-bond donors (Lipinski definition) is 2. The van der Waals surface area contributed by atoms with Crippen LogP contribution in [0.3, 0.4) is 0 Å². The van der Waals surface area contributed by atoms with Crippen molar-refractivity contribution in [2.45, 2.75) is 43.7 Å². The van der Waals surface area contributed by atoms with Crippen molar-refractivity contribution in [2.75, 3.05) is 6.61 Å². The van der Waals surface area contributed by atoms with Crippen molar-refractivity contribution in [3.8, 4) is 0 Å². The van der Waals surface area contributed by atoms with Crippen LogP contribution in [0.4, 0.5) is 0 Å². The van der Waals surface area contributed by atoms with Crippen LogP contribution in [0.2, 0.25) is 0 Å². The summed E-state index contributed by atoms with van der Waals surface area (Å²) in [7, 11) is -3.80. The summed E-state index contributed by atoms with van der Waals surface area (Å²) in [5, 5.41) is 9.10. The normalized spacial score (nSPS) is 26.0. The van der Waals surface area contributed by atoms with Crippen molar-refractivity contribution in [3.05, 3.63) is 29.3 Å². The molecule has 1 aromatic carbocycles. The van der Waals surface area contributed by atoms with Crippen LogP contribution >= 0.6 is 0 Å². The van der Waals surface area contributed by atoms with Crippen LogP contribution in [0.25, 0.3) is 0 Å². The molecule has 1 aliphatic heterocycles. The number of aromatic carboxylic acids is 1. The third-order valence-electron chi connectivity index (χ3n) is 4.00. The first-order valence-corrected chi connectivity index (χ1v) is 8.13. The minimum absolute atomic E-state index is 0.0150.